The van der Waals surface area contributed by atoms with Crippen molar-refractivity contribution in [2.45, 2.75) is 64.1 Å². The van der Waals surface area contributed by atoms with Crippen molar-refractivity contribution in [1.82, 2.24) is 0 Å². The second-order valence-corrected chi connectivity index (χ2v) is 8.49. The number of esters is 1. The first kappa shape index (κ1) is 25.2. The quantitative estimate of drug-likeness (QED) is 0.348. The lowest BCUT2D eigenvalue weighted by atomic mass is 10.0. The lowest BCUT2D eigenvalue weighted by Crippen LogP contribution is -2.21. The molecule has 0 radical (unpaired) electrons. The summed E-state index contributed by atoms with van der Waals surface area (Å²) in [6, 6.07) is 3.40. The van der Waals surface area contributed by atoms with Gasteiger partial charge in [0.25, 0.3) is 0 Å². The van der Waals surface area contributed by atoms with Crippen LogP contribution in [0.25, 0.3) is 6.08 Å². The highest BCUT2D eigenvalue weighted by Crippen LogP contribution is 2.34. The molecule has 182 valence electrons. The molecule has 2 aliphatic heterocycles. The van der Waals surface area contributed by atoms with Crippen LogP contribution in [0.4, 0.5) is 0 Å². The van der Waals surface area contributed by atoms with Crippen molar-refractivity contribution in [3.8, 4) is 11.5 Å². The topological polar surface area (TPSA) is 81.7 Å². The molecule has 0 N–H and O–H groups in total. The first-order chi connectivity index (χ1) is 15.8. The summed E-state index contributed by atoms with van der Waals surface area (Å²) in [4.78, 5) is 13.2. The van der Waals surface area contributed by atoms with E-state index in [0.29, 0.717) is 29.0 Å². The Bertz CT molecular complexity index is 860. The minimum absolute atomic E-state index is 0.0222. The molecule has 3 rings (SSSR count). The fourth-order valence-corrected chi connectivity index (χ4v) is 3.82. The average Bonchev–Trinajstić information content (AvgIpc) is 3.06. The van der Waals surface area contributed by atoms with Gasteiger partial charge in [0, 0.05) is 26.7 Å². The molecule has 8 heteroatoms. The highest BCUT2D eigenvalue weighted by atomic mass is 16.7. The van der Waals surface area contributed by atoms with E-state index in [2.05, 4.69) is 0 Å². The maximum absolute atomic E-state index is 13.2. The van der Waals surface area contributed by atoms with Crippen molar-refractivity contribution in [1.29, 1.82) is 0 Å². The van der Waals surface area contributed by atoms with Crippen LogP contribution < -0.4 is 9.47 Å². The first-order valence-electron chi connectivity index (χ1n) is 11.1. The van der Waals surface area contributed by atoms with Crippen LogP contribution in [-0.4, -0.2) is 57.9 Å². The van der Waals surface area contributed by atoms with Gasteiger partial charge in [-0.3, -0.25) is 0 Å². The van der Waals surface area contributed by atoms with E-state index in [9.17, 15) is 4.79 Å². The molecule has 0 spiro atoms. The number of benzene rings is 1. The smallest absolute Gasteiger partial charge is 0.342 e. The molecule has 8 nitrogen and oxygen atoms in total. The molecule has 2 aliphatic rings. The maximum Gasteiger partial charge on any atom is 0.342 e. The number of rotatable bonds is 6. The molecule has 1 fully saturated rings. The Morgan fingerprint density at radius 2 is 1.82 bits per heavy atom. The number of allylic oxidation sites excluding steroid dienone is 1. The zero-order chi connectivity index (χ0) is 23.8. The van der Waals surface area contributed by atoms with Gasteiger partial charge >= 0.3 is 5.97 Å². The van der Waals surface area contributed by atoms with Gasteiger partial charge in [-0.05, 0) is 45.2 Å². The van der Waals surface area contributed by atoms with E-state index < -0.39 is 11.8 Å². The lowest BCUT2D eigenvalue weighted by molar-refractivity contribution is -0.143. The Labute approximate surface area is 195 Å². The van der Waals surface area contributed by atoms with Gasteiger partial charge in [0.15, 0.2) is 19.4 Å². The predicted octanol–water partition coefficient (Wildman–Crippen LogP) is 4.47. The average molecular weight is 463 g/mol. The van der Waals surface area contributed by atoms with Crippen molar-refractivity contribution in [3.63, 3.8) is 0 Å². The third-order valence-corrected chi connectivity index (χ3v) is 5.22. The number of carbonyl (C=O) groups excluding carboxylic acids is 1. The fraction of sp³-hybridized carbons (Fsp3) is 0.560. The molecule has 1 saturated heterocycles. The standard InChI is InChI=1S/C25H34O8/c1-17-9-8-12-21-20(32-25(2,3)33-21)11-7-6-10-18-13-19(29-15-27-4)14-22(30-16-28-5)23(18)24(26)31-17/h6,8,10,12-14,17,20-21H,7,9,11,15-16H2,1-5H3/b10-6?,12-8+/t17-,20-,21+/m0/s1. The number of hydrogen-bond donors (Lipinski definition) is 0. The third-order valence-electron chi connectivity index (χ3n) is 5.22. The van der Waals surface area contributed by atoms with Crippen LogP contribution in [0.3, 0.4) is 0 Å². The molecular weight excluding hydrogens is 428 g/mol. The third kappa shape index (κ3) is 7.04. The molecule has 0 amide bonds. The molecular formula is C25H34O8. The van der Waals surface area contributed by atoms with Crippen molar-refractivity contribution in [2.75, 3.05) is 27.8 Å². The second-order valence-electron chi connectivity index (χ2n) is 8.49. The van der Waals surface area contributed by atoms with Gasteiger partial charge < -0.3 is 33.2 Å². The van der Waals surface area contributed by atoms with Gasteiger partial charge in [0.2, 0.25) is 0 Å². The molecule has 0 aromatic heterocycles. The predicted molar refractivity (Wildman–Crippen MR) is 122 cm³/mol. The largest absolute Gasteiger partial charge is 0.467 e. The van der Waals surface area contributed by atoms with Gasteiger partial charge in [0.1, 0.15) is 29.3 Å². The number of hydrogen-bond acceptors (Lipinski definition) is 8. The number of fused-ring (bicyclic) bond motifs is 2. The zero-order valence-corrected chi connectivity index (χ0v) is 20.0. The van der Waals surface area contributed by atoms with E-state index in [1.54, 1.807) is 12.1 Å². The summed E-state index contributed by atoms with van der Waals surface area (Å²) in [5, 5.41) is 0. The van der Waals surface area contributed by atoms with Gasteiger partial charge in [-0.1, -0.05) is 24.3 Å². The van der Waals surface area contributed by atoms with Crippen LogP contribution in [-0.2, 0) is 23.7 Å². The molecule has 0 unspecified atom stereocenters. The maximum atomic E-state index is 13.2. The number of methoxy groups -OCH3 is 2. The second kappa shape index (κ2) is 11.7. The fourth-order valence-electron chi connectivity index (χ4n) is 3.82. The number of cyclic esters (lactones) is 1. The molecule has 1 aromatic carbocycles. The molecule has 0 bridgehead atoms. The van der Waals surface area contributed by atoms with E-state index in [4.69, 9.17) is 33.2 Å². The molecule has 2 heterocycles. The minimum atomic E-state index is -0.636. The number of carbonyl (C=O) groups is 1. The Morgan fingerprint density at radius 3 is 2.58 bits per heavy atom. The van der Waals surface area contributed by atoms with Crippen molar-refractivity contribution in [2.24, 2.45) is 0 Å². The Kier molecular flexibility index (Phi) is 8.91. The molecule has 1 aromatic rings. The molecule has 3 atom stereocenters. The van der Waals surface area contributed by atoms with E-state index in [0.717, 1.165) is 12.8 Å². The van der Waals surface area contributed by atoms with Crippen LogP contribution in [0.5, 0.6) is 11.5 Å². The Morgan fingerprint density at radius 1 is 1.06 bits per heavy atom. The molecule has 33 heavy (non-hydrogen) atoms. The van der Waals surface area contributed by atoms with E-state index in [1.165, 1.54) is 14.2 Å². The van der Waals surface area contributed by atoms with E-state index in [-0.39, 0.29) is 31.9 Å². The van der Waals surface area contributed by atoms with Gasteiger partial charge in [-0.2, -0.15) is 0 Å². The van der Waals surface area contributed by atoms with Crippen LogP contribution in [0.2, 0.25) is 0 Å². The summed E-state index contributed by atoms with van der Waals surface area (Å²) in [5.41, 5.74) is 0.945. The summed E-state index contributed by atoms with van der Waals surface area (Å²) in [5.74, 6) is -0.287. The summed E-state index contributed by atoms with van der Waals surface area (Å²) in [7, 11) is 3.05. The Balaban J connectivity index is 1.95. The highest BCUT2D eigenvalue weighted by Gasteiger charge is 2.39. The summed E-state index contributed by atoms with van der Waals surface area (Å²) >= 11 is 0. The van der Waals surface area contributed by atoms with Crippen molar-refractivity contribution in [3.05, 3.63) is 41.5 Å². The monoisotopic (exact) mass is 462 g/mol. The van der Waals surface area contributed by atoms with Gasteiger partial charge in [-0.15, -0.1) is 0 Å². The first-order valence-corrected chi connectivity index (χ1v) is 11.1. The molecule has 0 aliphatic carbocycles. The van der Waals surface area contributed by atoms with Crippen LogP contribution in [0, 0.1) is 0 Å². The normalized spacial score (nSPS) is 26.0. The molecule has 0 saturated carbocycles. The van der Waals surface area contributed by atoms with Crippen molar-refractivity contribution < 1.29 is 38.0 Å². The highest BCUT2D eigenvalue weighted by molar-refractivity contribution is 5.97. The van der Waals surface area contributed by atoms with Crippen molar-refractivity contribution >= 4 is 12.0 Å². The summed E-state index contributed by atoms with van der Waals surface area (Å²) < 4.78 is 39.2. The zero-order valence-electron chi connectivity index (χ0n) is 20.0. The SMILES string of the molecule is COCOc1cc2c(c(OCOC)c1)C(=O)O[C@@H](C)C/C=C/[C@H]1OC(C)(C)O[C@H]1CCC=C2. The van der Waals surface area contributed by atoms with E-state index in [1.807, 2.05) is 45.1 Å². The van der Waals surface area contributed by atoms with Crippen LogP contribution in [0.1, 0.15) is 56.0 Å². The van der Waals surface area contributed by atoms with Gasteiger partial charge in [-0.25, -0.2) is 4.79 Å². The summed E-state index contributed by atoms with van der Waals surface area (Å²) in [6.07, 6.45) is 9.36. The van der Waals surface area contributed by atoms with Gasteiger partial charge in [0.05, 0.1) is 6.10 Å². The Hall–Kier alpha value is -2.39. The van der Waals surface area contributed by atoms with E-state index >= 15 is 0 Å². The summed E-state index contributed by atoms with van der Waals surface area (Å²) in [6.45, 7) is 5.73. The van der Waals surface area contributed by atoms with Crippen LogP contribution in [0.15, 0.2) is 30.4 Å². The van der Waals surface area contributed by atoms with Crippen LogP contribution >= 0.6 is 0 Å². The number of ether oxygens (including phenoxy) is 7. The minimum Gasteiger partial charge on any atom is -0.467 e. The lowest BCUT2D eigenvalue weighted by Gasteiger charge is -2.18.